The van der Waals surface area contributed by atoms with E-state index in [2.05, 4.69) is 30.3 Å². The minimum absolute atomic E-state index is 0.972. The highest BCUT2D eigenvalue weighted by atomic mass is 16.3. The lowest BCUT2D eigenvalue weighted by atomic mass is 10.2. The van der Waals surface area contributed by atoms with Crippen LogP contribution >= 0.6 is 0 Å². The molecule has 0 aromatic carbocycles. The second-order valence-electron chi connectivity index (χ2n) is 5.05. The summed E-state index contributed by atoms with van der Waals surface area (Å²) in [6.07, 6.45) is 7.10. The van der Waals surface area contributed by atoms with Crippen molar-refractivity contribution in [3.05, 3.63) is 23.7 Å². The third-order valence-corrected chi connectivity index (χ3v) is 3.28. The van der Waals surface area contributed by atoms with Crippen LogP contribution in [0.25, 0.3) is 0 Å². The minimum atomic E-state index is 0.972. The van der Waals surface area contributed by atoms with E-state index in [9.17, 15) is 0 Å². The summed E-state index contributed by atoms with van der Waals surface area (Å²) in [6.45, 7) is 8.55. The first-order chi connectivity index (χ1) is 8.74. The molecule has 0 fully saturated rings. The third-order valence-electron chi connectivity index (χ3n) is 3.28. The molecule has 3 heteroatoms. The average molecular weight is 252 g/mol. The molecule has 1 heterocycles. The number of hydrogen-bond acceptors (Lipinski definition) is 3. The van der Waals surface area contributed by atoms with Crippen LogP contribution in [0, 0.1) is 6.92 Å². The molecular weight excluding hydrogens is 224 g/mol. The zero-order valence-corrected chi connectivity index (χ0v) is 12.2. The van der Waals surface area contributed by atoms with Gasteiger partial charge in [0.1, 0.15) is 5.76 Å². The van der Waals surface area contributed by atoms with E-state index in [0.29, 0.717) is 0 Å². The molecule has 0 aliphatic heterocycles. The summed E-state index contributed by atoms with van der Waals surface area (Å²) in [6, 6.07) is 2.06. The summed E-state index contributed by atoms with van der Waals surface area (Å²) in [7, 11) is 2.16. The Morgan fingerprint density at radius 1 is 1.22 bits per heavy atom. The van der Waals surface area contributed by atoms with Crippen molar-refractivity contribution in [3.8, 4) is 0 Å². The number of nitrogens with one attached hydrogen (secondary N) is 1. The molecule has 0 amide bonds. The second-order valence-corrected chi connectivity index (χ2v) is 5.05. The number of hydrogen-bond donors (Lipinski definition) is 1. The Morgan fingerprint density at radius 3 is 2.72 bits per heavy atom. The van der Waals surface area contributed by atoms with E-state index in [1.54, 1.807) is 6.26 Å². The molecule has 0 unspecified atom stereocenters. The van der Waals surface area contributed by atoms with Crippen LogP contribution in [-0.4, -0.2) is 31.6 Å². The van der Waals surface area contributed by atoms with Gasteiger partial charge in [0.05, 0.1) is 6.26 Å². The summed E-state index contributed by atoms with van der Waals surface area (Å²) >= 11 is 0. The molecule has 1 aromatic rings. The Morgan fingerprint density at radius 2 is 2.06 bits per heavy atom. The topological polar surface area (TPSA) is 28.4 Å². The number of aryl methyl sites for hydroxylation is 1. The molecule has 1 rings (SSSR count). The van der Waals surface area contributed by atoms with Gasteiger partial charge in [0.15, 0.2) is 0 Å². The number of rotatable bonds is 10. The highest BCUT2D eigenvalue weighted by molar-refractivity contribution is 5.14. The molecule has 0 bridgehead atoms. The van der Waals surface area contributed by atoms with Crippen molar-refractivity contribution in [2.75, 3.05) is 26.7 Å². The predicted octanol–water partition coefficient (Wildman–Crippen LogP) is 3.19. The molecule has 1 N–H and O–H groups in total. The molecule has 0 aliphatic rings. The van der Waals surface area contributed by atoms with Gasteiger partial charge in [0.2, 0.25) is 0 Å². The molecule has 1 aromatic heterocycles. The Labute approximate surface area is 112 Å². The number of furan rings is 1. The highest BCUT2D eigenvalue weighted by Gasteiger charge is 2.04. The maximum absolute atomic E-state index is 5.30. The Bertz CT molecular complexity index is 309. The third kappa shape index (κ3) is 6.22. The quantitative estimate of drug-likeness (QED) is 0.648. The van der Waals surface area contributed by atoms with Crippen LogP contribution < -0.4 is 5.32 Å². The van der Waals surface area contributed by atoms with Crippen LogP contribution in [0.4, 0.5) is 0 Å². The smallest absolute Gasteiger partial charge is 0.105 e. The molecule has 0 atom stereocenters. The van der Waals surface area contributed by atoms with Crippen molar-refractivity contribution < 1.29 is 4.42 Å². The van der Waals surface area contributed by atoms with E-state index in [0.717, 1.165) is 31.9 Å². The fourth-order valence-corrected chi connectivity index (χ4v) is 2.02. The summed E-state index contributed by atoms with van der Waals surface area (Å²) < 4.78 is 5.30. The lowest BCUT2D eigenvalue weighted by Crippen LogP contribution is -2.29. The van der Waals surface area contributed by atoms with Crippen molar-refractivity contribution in [2.24, 2.45) is 0 Å². The maximum Gasteiger partial charge on any atom is 0.105 e. The van der Waals surface area contributed by atoms with Gasteiger partial charge in [0, 0.05) is 25.2 Å². The first-order valence-electron chi connectivity index (χ1n) is 7.16. The lowest BCUT2D eigenvalue weighted by molar-refractivity contribution is 0.321. The Kier molecular flexibility index (Phi) is 7.78. The largest absolute Gasteiger partial charge is 0.469 e. The zero-order valence-electron chi connectivity index (χ0n) is 12.2. The van der Waals surface area contributed by atoms with E-state index in [1.165, 1.54) is 31.2 Å². The fourth-order valence-electron chi connectivity index (χ4n) is 2.02. The van der Waals surface area contributed by atoms with Gasteiger partial charge in [-0.3, -0.25) is 0 Å². The van der Waals surface area contributed by atoms with Crippen molar-refractivity contribution >= 4 is 0 Å². The van der Waals surface area contributed by atoms with Crippen LogP contribution in [0.5, 0.6) is 0 Å². The second kappa shape index (κ2) is 9.17. The van der Waals surface area contributed by atoms with Gasteiger partial charge in [-0.15, -0.1) is 0 Å². The monoisotopic (exact) mass is 252 g/mol. The number of unbranched alkanes of at least 4 members (excludes halogenated alkanes) is 3. The van der Waals surface area contributed by atoms with Gasteiger partial charge in [-0.25, -0.2) is 0 Å². The van der Waals surface area contributed by atoms with Gasteiger partial charge in [-0.2, -0.15) is 0 Å². The van der Waals surface area contributed by atoms with Crippen molar-refractivity contribution in [2.45, 2.75) is 46.1 Å². The van der Waals surface area contributed by atoms with Crippen molar-refractivity contribution in [3.63, 3.8) is 0 Å². The molecule has 18 heavy (non-hydrogen) atoms. The van der Waals surface area contributed by atoms with E-state index < -0.39 is 0 Å². The summed E-state index contributed by atoms with van der Waals surface area (Å²) in [5, 5.41) is 3.50. The van der Waals surface area contributed by atoms with Crippen LogP contribution in [0.1, 0.15) is 43.9 Å². The molecule has 0 radical (unpaired) electrons. The van der Waals surface area contributed by atoms with Crippen LogP contribution in [-0.2, 0) is 6.54 Å². The molecular formula is C15H28N2O. The first kappa shape index (κ1) is 15.3. The SMILES string of the molecule is CCCCCCNCCN(C)Cc1ccoc1C. The van der Waals surface area contributed by atoms with E-state index in [1.807, 2.05) is 6.92 Å². The van der Waals surface area contributed by atoms with E-state index in [4.69, 9.17) is 4.42 Å². The minimum Gasteiger partial charge on any atom is -0.469 e. The standard InChI is InChI=1S/C15H28N2O/c1-4-5-6-7-9-16-10-11-17(3)13-15-8-12-18-14(15)2/h8,12,16H,4-7,9-11,13H2,1-3H3. The van der Waals surface area contributed by atoms with Gasteiger partial charge in [0.25, 0.3) is 0 Å². The average Bonchev–Trinajstić information content (AvgIpc) is 2.74. The Balaban J connectivity index is 2.00. The first-order valence-corrected chi connectivity index (χ1v) is 7.16. The van der Waals surface area contributed by atoms with Crippen LogP contribution in [0.15, 0.2) is 16.7 Å². The molecule has 3 nitrogen and oxygen atoms in total. The van der Waals surface area contributed by atoms with Gasteiger partial charge >= 0.3 is 0 Å². The highest BCUT2D eigenvalue weighted by Crippen LogP contribution is 2.10. The number of likely N-dealkylation sites (N-methyl/N-ethyl adjacent to an activating group) is 1. The maximum atomic E-state index is 5.30. The molecule has 0 saturated heterocycles. The normalized spacial score (nSPS) is 11.3. The molecule has 0 saturated carbocycles. The molecule has 0 spiro atoms. The zero-order chi connectivity index (χ0) is 13.2. The van der Waals surface area contributed by atoms with Crippen molar-refractivity contribution in [1.82, 2.24) is 10.2 Å². The van der Waals surface area contributed by atoms with Crippen LogP contribution in [0.3, 0.4) is 0 Å². The van der Waals surface area contributed by atoms with E-state index >= 15 is 0 Å². The summed E-state index contributed by atoms with van der Waals surface area (Å²) in [4.78, 5) is 2.33. The molecule has 0 aliphatic carbocycles. The fraction of sp³-hybridized carbons (Fsp3) is 0.733. The summed E-state index contributed by atoms with van der Waals surface area (Å²) in [5.74, 6) is 1.04. The Hall–Kier alpha value is -0.800. The number of nitrogens with zero attached hydrogens (tertiary/aromatic N) is 1. The van der Waals surface area contributed by atoms with E-state index in [-0.39, 0.29) is 0 Å². The predicted molar refractivity (Wildman–Crippen MR) is 76.8 cm³/mol. The lowest BCUT2D eigenvalue weighted by Gasteiger charge is -2.16. The van der Waals surface area contributed by atoms with Crippen LogP contribution in [0.2, 0.25) is 0 Å². The van der Waals surface area contributed by atoms with Gasteiger partial charge < -0.3 is 14.6 Å². The van der Waals surface area contributed by atoms with Gasteiger partial charge in [-0.1, -0.05) is 26.2 Å². The molecule has 104 valence electrons. The summed E-state index contributed by atoms with van der Waals surface area (Å²) in [5.41, 5.74) is 1.29. The van der Waals surface area contributed by atoms with Gasteiger partial charge in [-0.05, 0) is 33.0 Å². The van der Waals surface area contributed by atoms with Crippen molar-refractivity contribution in [1.29, 1.82) is 0 Å².